The molecule has 0 saturated carbocycles. The Bertz CT molecular complexity index is 1160. The number of anilines is 2. The highest BCUT2D eigenvalue weighted by atomic mass is 35.5. The molecule has 13 heteroatoms. The molecule has 0 bridgehead atoms. The first-order chi connectivity index (χ1) is 15.2. The van der Waals surface area contributed by atoms with Crippen LogP contribution in [0.2, 0.25) is 5.02 Å². The van der Waals surface area contributed by atoms with Gasteiger partial charge in [-0.05, 0) is 6.08 Å². The van der Waals surface area contributed by atoms with E-state index in [1.807, 2.05) is 0 Å². The van der Waals surface area contributed by atoms with Crippen molar-refractivity contribution in [2.24, 2.45) is 18.9 Å². The maximum Gasteiger partial charge on any atom is 0.393 e. The maximum absolute atomic E-state index is 13.6. The fraction of sp³-hybridized carbons (Fsp3) is 0.368. The van der Waals surface area contributed by atoms with E-state index in [1.54, 1.807) is 24.1 Å². The van der Waals surface area contributed by atoms with Gasteiger partial charge in [0.1, 0.15) is 5.65 Å². The van der Waals surface area contributed by atoms with Gasteiger partial charge in [-0.2, -0.15) is 28.2 Å². The molecule has 0 unspecified atom stereocenters. The largest absolute Gasteiger partial charge is 0.477 e. The van der Waals surface area contributed by atoms with Crippen LogP contribution in [0.1, 0.15) is 0 Å². The number of aryl methyl sites for hydroxylation is 1. The summed E-state index contributed by atoms with van der Waals surface area (Å²) in [6, 6.07) is 0. The number of alkyl halides is 3. The SMILES string of the molecule is C=CC(=O)N1C[C@H](COc2nc(Nc3cnn(C)c3)nc3[nH]cc(Cl)c23)[C@@H](C(F)(F)F)C1. The van der Waals surface area contributed by atoms with E-state index in [-0.39, 0.29) is 30.0 Å². The van der Waals surface area contributed by atoms with Gasteiger partial charge in [0.25, 0.3) is 0 Å². The first-order valence-electron chi connectivity index (χ1n) is 9.57. The van der Waals surface area contributed by atoms with Crippen molar-refractivity contribution in [2.75, 3.05) is 25.0 Å². The number of nitrogens with zero attached hydrogens (tertiary/aromatic N) is 5. The average Bonchev–Trinajstić information content (AvgIpc) is 3.44. The number of hydrogen-bond donors (Lipinski definition) is 2. The molecule has 0 aromatic carbocycles. The zero-order chi connectivity index (χ0) is 23.0. The van der Waals surface area contributed by atoms with Crippen LogP contribution in [0.15, 0.2) is 31.2 Å². The third-order valence-electron chi connectivity index (χ3n) is 5.19. The molecule has 1 aliphatic rings. The van der Waals surface area contributed by atoms with Gasteiger partial charge in [-0.25, -0.2) is 0 Å². The van der Waals surface area contributed by atoms with Crippen molar-refractivity contribution in [3.63, 3.8) is 0 Å². The summed E-state index contributed by atoms with van der Waals surface area (Å²) in [6.07, 6.45) is 1.27. The minimum absolute atomic E-state index is 0.0297. The second-order valence-corrected chi connectivity index (χ2v) is 7.81. The standard InChI is InChI=1S/C19H19ClF3N7O2/c1-3-14(31)30-6-10(12(8-30)19(21,22)23)9-32-17-15-13(20)5-24-16(15)27-18(28-17)26-11-4-25-29(2)7-11/h3-5,7,10,12H,1,6,8-9H2,2H3,(H2,24,26,27,28)/t10-,12+/m1/s1. The molecular formula is C19H19ClF3N7O2. The van der Waals surface area contributed by atoms with Crippen molar-refractivity contribution in [3.8, 4) is 5.88 Å². The number of aromatic nitrogens is 5. The van der Waals surface area contributed by atoms with Crippen molar-refractivity contribution in [3.05, 3.63) is 36.3 Å². The van der Waals surface area contributed by atoms with Gasteiger partial charge in [0, 0.05) is 38.4 Å². The van der Waals surface area contributed by atoms with Gasteiger partial charge in [0.2, 0.25) is 17.7 Å². The average molecular weight is 470 g/mol. The van der Waals surface area contributed by atoms with E-state index in [0.717, 1.165) is 11.0 Å². The van der Waals surface area contributed by atoms with Crippen LogP contribution in [-0.4, -0.2) is 61.4 Å². The Labute approximate surface area is 185 Å². The number of carbonyl (C=O) groups excluding carboxylic acids is 1. The monoisotopic (exact) mass is 469 g/mol. The summed E-state index contributed by atoms with van der Waals surface area (Å²) < 4.78 is 48.0. The fourth-order valence-electron chi connectivity index (χ4n) is 3.64. The van der Waals surface area contributed by atoms with Crippen LogP contribution < -0.4 is 10.1 Å². The highest BCUT2D eigenvalue weighted by molar-refractivity contribution is 6.35. The van der Waals surface area contributed by atoms with Gasteiger partial charge in [-0.1, -0.05) is 18.2 Å². The molecule has 32 heavy (non-hydrogen) atoms. The Morgan fingerprint density at radius 1 is 1.44 bits per heavy atom. The molecule has 0 aliphatic carbocycles. The topological polar surface area (TPSA) is 101 Å². The minimum atomic E-state index is -4.48. The molecule has 2 atom stereocenters. The summed E-state index contributed by atoms with van der Waals surface area (Å²) >= 11 is 6.20. The summed E-state index contributed by atoms with van der Waals surface area (Å²) in [7, 11) is 1.74. The highest BCUT2D eigenvalue weighted by Crippen LogP contribution is 2.39. The van der Waals surface area contributed by atoms with Crippen molar-refractivity contribution >= 4 is 40.2 Å². The van der Waals surface area contributed by atoms with Gasteiger partial charge in [0.05, 0.1) is 34.8 Å². The molecule has 4 rings (SSSR count). The van der Waals surface area contributed by atoms with E-state index in [2.05, 4.69) is 31.9 Å². The number of hydrogen-bond acceptors (Lipinski definition) is 6. The molecular weight excluding hydrogens is 451 g/mol. The molecule has 4 heterocycles. The van der Waals surface area contributed by atoms with Gasteiger partial charge >= 0.3 is 6.18 Å². The second kappa shape index (κ2) is 8.34. The van der Waals surface area contributed by atoms with E-state index in [0.29, 0.717) is 16.7 Å². The number of H-pyrrole nitrogens is 1. The molecule has 1 fully saturated rings. The van der Waals surface area contributed by atoms with E-state index in [4.69, 9.17) is 16.3 Å². The number of fused-ring (bicyclic) bond motifs is 1. The fourth-order valence-corrected chi connectivity index (χ4v) is 3.87. The molecule has 0 radical (unpaired) electrons. The lowest BCUT2D eigenvalue weighted by atomic mass is 9.96. The first-order valence-corrected chi connectivity index (χ1v) is 9.94. The Balaban J connectivity index is 1.59. The van der Waals surface area contributed by atoms with Gasteiger partial charge < -0.3 is 19.9 Å². The number of rotatable bonds is 6. The molecule has 1 amide bonds. The predicted molar refractivity (Wildman–Crippen MR) is 111 cm³/mol. The number of aromatic amines is 1. The van der Waals surface area contributed by atoms with Crippen molar-refractivity contribution in [2.45, 2.75) is 6.18 Å². The molecule has 2 N–H and O–H groups in total. The predicted octanol–water partition coefficient (Wildman–Crippen LogP) is 3.29. The lowest BCUT2D eigenvalue weighted by molar-refractivity contribution is -0.182. The van der Waals surface area contributed by atoms with Gasteiger partial charge in [-0.15, -0.1) is 0 Å². The molecule has 0 spiro atoms. The minimum Gasteiger partial charge on any atom is -0.477 e. The zero-order valence-corrected chi connectivity index (χ0v) is 17.6. The van der Waals surface area contributed by atoms with Gasteiger partial charge in [-0.3, -0.25) is 9.48 Å². The molecule has 3 aromatic heterocycles. The summed E-state index contributed by atoms with van der Waals surface area (Å²) in [5.74, 6) is -3.07. The zero-order valence-electron chi connectivity index (χ0n) is 16.9. The van der Waals surface area contributed by atoms with E-state index < -0.39 is 30.5 Å². The molecule has 170 valence electrons. The maximum atomic E-state index is 13.6. The van der Waals surface area contributed by atoms with Gasteiger partial charge in [0.15, 0.2) is 0 Å². The van der Waals surface area contributed by atoms with Crippen LogP contribution in [0.5, 0.6) is 5.88 Å². The Kier molecular flexibility index (Phi) is 5.71. The lowest BCUT2D eigenvalue weighted by Gasteiger charge is -2.21. The molecule has 9 nitrogen and oxygen atoms in total. The van der Waals surface area contributed by atoms with E-state index in [9.17, 15) is 18.0 Å². The summed E-state index contributed by atoms with van der Waals surface area (Å²) in [4.78, 5) is 24.5. The number of amides is 1. The van der Waals surface area contributed by atoms with Crippen molar-refractivity contribution in [1.29, 1.82) is 0 Å². The van der Waals surface area contributed by atoms with Crippen LogP contribution in [-0.2, 0) is 11.8 Å². The van der Waals surface area contributed by atoms with E-state index in [1.165, 1.54) is 6.20 Å². The molecule has 1 saturated heterocycles. The van der Waals surface area contributed by atoms with E-state index >= 15 is 0 Å². The normalized spacial score (nSPS) is 18.8. The van der Waals surface area contributed by atoms with Crippen LogP contribution >= 0.6 is 11.6 Å². The number of nitrogens with one attached hydrogen (secondary N) is 2. The van der Waals surface area contributed by atoms with Crippen molar-refractivity contribution in [1.82, 2.24) is 29.6 Å². The summed E-state index contributed by atoms with van der Waals surface area (Å²) in [5, 5.41) is 7.63. The second-order valence-electron chi connectivity index (χ2n) is 7.41. The van der Waals surface area contributed by atoms with Crippen LogP contribution in [0.3, 0.4) is 0 Å². The number of ether oxygens (including phenoxy) is 1. The quantitative estimate of drug-likeness (QED) is 0.537. The first kappa shape index (κ1) is 21.9. The van der Waals surface area contributed by atoms with Crippen LogP contribution in [0.4, 0.5) is 24.8 Å². The Morgan fingerprint density at radius 3 is 2.88 bits per heavy atom. The molecule has 3 aromatic rings. The number of halogens is 4. The number of likely N-dealkylation sites (tertiary alicyclic amines) is 1. The third-order valence-corrected chi connectivity index (χ3v) is 5.49. The smallest absolute Gasteiger partial charge is 0.393 e. The van der Waals surface area contributed by atoms with Crippen LogP contribution in [0, 0.1) is 11.8 Å². The summed E-state index contributed by atoms with van der Waals surface area (Å²) in [6.45, 7) is 2.48. The Hall–Kier alpha value is -3.28. The lowest BCUT2D eigenvalue weighted by Crippen LogP contribution is -2.33. The van der Waals surface area contributed by atoms with Crippen molar-refractivity contribution < 1.29 is 22.7 Å². The number of carbonyl (C=O) groups is 1. The third kappa shape index (κ3) is 4.35. The Morgan fingerprint density at radius 2 is 2.22 bits per heavy atom. The summed E-state index contributed by atoms with van der Waals surface area (Å²) in [5.41, 5.74) is 0.968. The highest BCUT2D eigenvalue weighted by Gasteiger charge is 2.50. The van der Waals surface area contributed by atoms with Crippen LogP contribution in [0.25, 0.3) is 11.0 Å². The molecule has 1 aliphatic heterocycles.